The van der Waals surface area contributed by atoms with Gasteiger partial charge in [-0.3, -0.25) is 0 Å². The fourth-order valence-electron chi connectivity index (χ4n) is 5.18. The Balaban J connectivity index is 2.13. The molecule has 0 bridgehead atoms. The van der Waals surface area contributed by atoms with Gasteiger partial charge >= 0.3 is 0 Å². The van der Waals surface area contributed by atoms with E-state index in [9.17, 15) is 5.26 Å². The summed E-state index contributed by atoms with van der Waals surface area (Å²) in [6.07, 6.45) is 3.05. The van der Waals surface area contributed by atoms with E-state index in [0.717, 1.165) is 30.3 Å². The Morgan fingerprint density at radius 2 is 1.93 bits per heavy atom. The first-order valence-electron chi connectivity index (χ1n) is 9.80. The maximum atomic E-state index is 9.41. The largest absolute Gasteiger partial charge is 0.237 e. The Labute approximate surface area is 161 Å². The maximum absolute atomic E-state index is 9.41. The van der Waals surface area contributed by atoms with Gasteiger partial charge in [0.25, 0.3) is 0 Å². The van der Waals surface area contributed by atoms with Crippen LogP contribution in [0.25, 0.3) is 16.6 Å². The topological polar surface area (TPSA) is 41.1 Å². The number of benzene rings is 1. The van der Waals surface area contributed by atoms with Gasteiger partial charge in [-0.05, 0) is 65.5 Å². The highest BCUT2D eigenvalue weighted by atomic mass is 15.2. The molecule has 0 saturated heterocycles. The predicted molar refractivity (Wildman–Crippen MR) is 110 cm³/mol. The van der Waals surface area contributed by atoms with Gasteiger partial charge in [-0.15, -0.1) is 0 Å². The van der Waals surface area contributed by atoms with Crippen LogP contribution >= 0.6 is 0 Å². The molecule has 0 N–H and O–H groups in total. The van der Waals surface area contributed by atoms with Crippen LogP contribution in [-0.4, -0.2) is 9.61 Å². The standard InChI is InChI=1S/C24H27N3/c1-6-18-10-11-20-21(17-9-7-8-16(12-17)14-25)22-19(26-27(18)20)13-23(2,3)15-24(22,4)5/h7-12H,6,13,15H2,1-5H3. The monoisotopic (exact) mass is 357 g/mol. The summed E-state index contributed by atoms with van der Waals surface area (Å²) in [6.45, 7) is 11.5. The van der Waals surface area contributed by atoms with Crippen molar-refractivity contribution in [2.45, 2.75) is 59.3 Å². The van der Waals surface area contributed by atoms with Gasteiger partial charge in [-0.2, -0.15) is 10.4 Å². The normalized spacial score (nSPS) is 17.5. The highest BCUT2D eigenvalue weighted by molar-refractivity contribution is 5.85. The second-order valence-electron chi connectivity index (χ2n) is 9.27. The zero-order chi connectivity index (χ0) is 19.4. The lowest BCUT2D eigenvalue weighted by Gasteiger charge is -2.43. The molecule has 0 spiro atoms. The van der Waals surface area contributed by atoms with Gasteiger partial charge in [0.15, 0.2) is 0 Å². The quantitative estimate of drug-likeness (QED) is 0.591. The summed E-state index contributed by atoms with van der Waals surface area (Å²) in [5.41, 5.74) is 8.25. The molecule has 1 aromatic carbocycles. The lowest BCUT2D eigenvalue weighted by Crippen LogP contribution is -2.36. The Bertz CT molecular complexity index is 1080. The minimum Gasteiger partial charge on any atom is -0.237 e. The maximum Gasteiger partial charge on any atom is 0.0991 e. The molecule has 0 aliphatic heterocycles. The van der Waals surface area contributed by atoms with E-state index in [0.29, 0.717) is 5.56 Å². The Morgan fingerprint density at radius 1 is 1.15 bits per heavy atom. The van der Waals surface area contributed by atoms with Crippen LogP contribution in [0.1, 0.15) is 63.6 Å². The zero-order valence-corrected chi connectivity index (χ0v) is 16.9. The highest BCUT2D eigenvalue weighted by Gasteiger charge is 2.41. The van der Waals surface area contributed by atoms with Gasteiger partial charge in [0.2, 0.25) is 0 Å². The third-order valence-electron chi connectivity index (χ3n) is 5.84. The fraction of sp³-hybridized carbons (Fsp3) is 0.417. The van der Waals surface area contributed by atoms with Crippen LogP contribution in [0.15, 0.2) is 36.4 Å². The van der Waals surface area contributed by atoms with Gasteiger partial charge < -0.3 is 0 Å². The van der Waals surface area contributed by atoms with Crippen molar-refractivity contribution in [2.24, 2.45) is 5.41 Å². The number of fused-ring (bicyclic) bond motifs is 2. The van der Waals surface area contributed by atoms with E-state index < -0.39 is 0 Å². The Morgan fingerprint density at radius 3 is 2.63 bits per heavy atom. The summed E-state index contributed by atoms with van der Waals surface area (Å²) >= 11 is 0. The van der Waals surface area contributed by atoms with E-state index in [-0.39, 0.29) is 10.8 Å². The molecule has 3 heteroatoms. The molecule has 1 aliphatic carbocycles. The minimum atomic E-state index is 0.0282. The van der Waals surface area contributed by atoms with Crippen molar-refractivity contribution in [1.82, 2.24) is 9.61 Å². The molecule has 27 heavy (non-hydrogen) atoms. The van der Waals surface area contributed by atoms with E-state index in [1.807, 2.05) is 18.2 Å². The molecule has 138 valence electrons. The van der Waals surface area contributed by atoms with Crippen LogP contribution in [0.4, 0.5) is 0 Å². The molecule has 0 atom stereocenters. The highest BCUT2D eigenvalue weighted by Crippen LogP contribution is 2.49. The number of rotatable bonds is 2. The Kier molecular flexibility index (Phi) is 3.93. The van der Waals surface area contributed by atoms with Crippen molar-refractivity contribution in [1.29, 1.82) is 5.26 Å². The molecule has 2 heterocycles. The lowest BCUT2D eigenvalue weighted by atomic mass is 9.62. The number of nitrogens with zero attached hydrogens (tertiary/aromatic N) is 3. The van der Waals surface area contributed by atoms with Crippen molar-refractivity contribution < 1.29 is 0 Å². The molecular formula is C24H27N3. The summed E-state index contributed by atoms with van der Waals surface area (Å²) in [6, 6.07) is 14.7. The molecule has 0 unspecified atom stereocenters. The summed E-state index contributed by atoms with van der Waals surface area (Å²) in [7, 11) is 0. The second kappa shape index (κ2) is 5.96. The van der Waals surface area contributed by atoms with Crippen LogP contribution < -0.4 is 0 Å². The number of aromatic nitrogens is 2. The number of aryl methyl sites for hydroxylation is 1. The first-order chi connectivity index (χ1) is 12.8. The van der Waals surface area contributed by atoms with Crippen molar-refractivity contribution in [2.75, 3.05) is 0 Å². The van der Waals surface area contributed by atoms with E-state index >= 15 is 0 Å². The Hall–Kier alpha value is -2.60. The molecule has 1 aliphatic rings. The predicted octanol–water partition coefficient (Wildman–Crippen LogP) is 5.69. The summed E-state index contributed by atoms with van der Waals surface area (Å²) in [5.74, 6) is 0. The van der Waals surface area contributed by atoms with Gasteiger partial charge in [0.1, 0.15) is 0 Å². The first-order valence-corrected chi connectivity index (χ1v) is 9.80. The van der Waals surface area contributed by atoms with Crippen LogP contribution in [0.5, 0.6) is 0 Å². The number of hydrogen-bond acceptors (Lipinski definition) is 2. The fourth-order valence-corrected chi connectivity index (χ4v) is 5.18. The van der Waals surface area contributed by atoms with Gasteiger partial charge in [-0.25, -0.2) is 4.52 Å². The lowest BCUT2D eigenvalue weighted by molar-refractivity contribution is 0.227. The van der Waals surface area contributed by atoms with Gasteiger partial charge in [0, 0.05) is 11.3 Å². The zero-order valence-electron chi connectivity index (χ0n) is 16.9. The van der Waals surface area contributed by atoms with Crippen LogP contribution in [0, 0.1) is 16.7 Å². The van der Waals surface area contributed by atoms with Crippen LogP contribution in [-0.2, 0) is 18.3 Å². The van der Waals surface area contributed by atoms with Crippen molar-refractivity contribution in [3.63, 3.8) is 0 Å². The van der Waals surface area contributed by atoms with Crippen molar-refractivity contribution in [3.05, 3.63) is 58.9 Å². The van der Waals surface area contributed by atoms with Gasteiger partial charge in [-0.1, -0.05) is 46.8 Å². The van der Waals surface area contributed by atoms with Gasteiger partial charge in [0.05, 0.1) is 22.8 Å². The molecule has 0 saturated carbocycles. The van der Waals surface area contributed by atoms with Crippen LogP contribution in [0.3, 0.4) is 0 Å². The average Bonchev–Trinajstić information content (AvgIpc) is 3.01. The molecule has 3 aromatic rings. The summed E-state index contributed by atoms with van der Waals surface area (Å²) in [4.78, 5) is 0. The average molecular weight is 358 g/mol. The third kappa shape index (κ3) is 2.84. The number of hydrogen-bond donors (Lipinski definition) is 0. The molecule has 0 amide bonds. The molecule has 0 fully saturated rings. The molecular weight excluding hydrogens is 330 g/mol. The smallest absolute Gasteiger partial charge is 0.0991 e. The number of nitriles is 1. The minimum absolute atomic E-state index is 0.0282. The SMILES string of the molecule is CCc1ccc2c(-c3cccc(C#N)c3)c3c(nn12)CC(C)(C)CC3(C)C. The van der Waals surface area contributed by atoms with Crippen LogP contribution in [0.2, 0.25) is 0 Å². The van der Waals surface area contributed by atoms with E-state index in [4.69, 9.17) is 5.10 Å². The molecule has 2 aromatic heterocycles. The molecule has 0 radical (unpaired) electrons. The summed E-state index contributed by atoms with van der Waals surface area (Å²) in [5, 5.41) is 14.5. The van der Waals surface area contributed by atoms with E-state index in [2.05, 4.69) is 63.4 Å². The van der Waals surface area contributed by atoms with Crippen molar-refractivity contribution in [3.8, 4) is 17.2 Å². The first kappa shape index (κ1) is 17.8. The third-order valence-corrected chi connectivity index (χ3v) is 5.84. The van der Waals surface area contributed by atoms with Crippen molar-refractivity contribution >= 4 is 5.52 Å². The molecule has 3 nitrogen and oxygen atoms in total. The molecule has 4 rings (SSSR count). The van der Waals surface area contributed by atoms with E-state index in [1.54, 1.807) is 0 Å². The van der Waals surface area contributed by atoms with E-state index in [1.165, 1.54) is 22.5 Å². The second-order valence-corrected chi connectivity index (χ2v) is 9.27. The summed E-state index contributed by atoms with van der Waals surface area (Å²) < 4.78 is 2.13.